The predicted octanol–water partition coefficient (Wildman–Crippen LogP) is 2.17. The van der Waals surface area contributed by atoms with Gasteiger partial charge >= 0.3 is 0 Å². The minimum atomic E-state index is -3.63. The number of hydrogen-bond donors (Lipinski definition) is 1. The van der Waals surface area contributed by atoms with Crippen molar-refractivity contribution in [3.8, 4) is 5.75 Å². The molecule has 0 spiro atoms. The SMILES string of the molecule is COc1ccc(N(C(C)C(=O)NCc2ccccc2)S(C)(=O)=O)cc1. The van der Waals surface area contributed by atoms with Crippen LogP contribution in [0.3, 0.4) is 0 Å². The zero-order valence-corrected chi connectivity index (χ0v) is 15.3. The summed E-state index contributed by atoms with van der Waals surface area (Å²) in [7, 11) is -2.10. The number of nitrogens with one attached hydrogen (secondary N) is 1. The molecule has 1 amide bonds. The molecule has 25 heavy (non-hydrogen) atoms. The highest BCUT2D eigenvalue weighted by Gasteiger charge is 2.28. The lowest BCUT2D eigenvalue weighted by molar-refractivity contribution is -0.122. The maximum Gasteiger partial charge on any atom is 0.243 e. The van der Waals surface area contributed by atoms with Crippen LogP contribution in [0, 0.1) is 0 Å². The third-order valence-corrected chi connectivity index (χ3v) is 4.97. The largest absolute Gasteiger partial charge is 0.497 e. The number of rotatable bonds is 7. The number of hydrogen-bond acceptors (Lipinski definition) is 4. The molecule has 0 bridgehead atoms. The fourth-order valence-corrected chi connectivity index (χ4v) is 3.65. The molecule has 6 nitrogen and oxygen atoms in total. The van der Waals surface area contributed by atoms with E-state index < -0.39 is 16.1 Å². The van der Waals surface area contributed by atoms with Gasteiger partial charge in [-0.15, -0.1) is 0 Å². The molecule has 0 aromatic heterocycles. The molecular formula is C18H22N2O4S. The molecule has 0 aliphatic rings. The van der Waals surface area contributed by atoms with Gasteiger partial charge in [0.2, 0.25) is 15.9 Å². The van der Waals surface area contributed by atoms with E-state index in [9.17, 15) is 13.2 Å². The third-order valence-electron chi connectivity index (χ3n) is 3.72. The number of carbonyl (C=O) groups is 1. The summed E-state index contributed by atoms with van der Waals surface area (Å²) >= 11 is 0. The number of amides is 1. The summed E-state index contributed by atoms with van der Waals surface area (Å²) < 4.78 is 30.6. The number of anilines is 1. The molecule has 1 atom stereocenters. The van der Waals surface area contributed by atoms with Gasteiger partial charge in [-0.1, -0.05) is 30.3 Å². The van der Waals surface area contributed by atoms with Gasteiger partial charge in [0.15, 0.2) is 0 Å². The topological polar surface area (TPSA) is 75.7 Å². The molecule has 1 unspecified atom stereocenters. The number of nitrogens with zero attached hydrogens (tertiary/aromatic N) is 1. The highest BCUT2D eigenvalue weighted by Crippen LogP contribution is 2.23. The van der Waals surface area contributed by atoms with Gasteiger partial charge < -0.3 is 10.1 Å². The first-order valence-electron chi connectivity index (χ1n) is 7.78. The minimum Gasteiger partial charge on any atom is -0.497 e. The number of ether oxygens (including phenoxy) is 1. The highest BCUT2D eigenvalue weighted by molar-refractivity contribution is 7.92. The molecule has 0 fully saturated rings. The van der Waals surface area contributed by atoms with Crippen LogP contribution in [-0.2, 0) is 21.4 Å². The first kappa shape index (κ1) is 18.8. The van der Waals surface area contributed by atoms with Crippen LogP contribution in [-0.4, -0.2) is 33.7 Å². The van der Waals surface area contributed by atoms with E-state index in [1.54, 1.807) is 31.2 Å². The van der Waals surface area contributed by atoms with Crippen molar-refractivity contribution >= 4 is 21.6 Å². The molecule has 0 saturated carbocycles. The second-order valence-electron chi connectivity index (χ2n) is 5.64. The quantitative estimate of drug-likeness (QED) is 0.819. The minimum absolute atomic E-state index is 0.338. The zero-order chi connectivity index (χ0) is 18.4. The van der Waals surface area contributed by atoms with Gasteiger partial charge in [0.25, 0.3) is 0 Å². The Bertz CT molecular complexity index is 805. The van der Waals surface area contributed by atoms with Crippen LogP contribution in [0.15, 0.2) is 54.6 Å². The van der Waals surface area contributed by atoms with Crippen LogP contribution in [0.1, 0.15) is 12.5 Å². The lowest BCUT2D eigenvalue weighted by Crippen LogP contribution is -2.47. The fraction of sp³-hybridized carbons (Fsp3) is 0.278. The van der Waals surface area contributed by atoms with Gasteiger partial charge in [-0.3, -0.25) is 9.10 Å². The van der Waals surface area contributed by atoms with E-state index in [0.29, 0.717) is 18.0 Å². The van der Waals surface area contributed by atoms with E-state index in [0.717, 1.165) is 16.1 Å². The number of benzene rings is 2. The lowest BCUT2D eigenvalue weighted by Gasteiger charge is -2.28. The molecule has 134 valence electrons. The Morgan fingerprint density at radius 1 is 1.12 bits per heavy atom. The van der Waals surface area contributed by atoms with Crippen LogP contribution in [0.5, 0.6) is 5.75 Å². The van der Waals surface area contributed by atoms with Crippen LogP contribution in [0.4, 0.5) is 5.69 Å². The smallest absolute Gasteiger partial charge is 0.243 e. The molecule has 0 radical (unpaired) electrons. The molecule has 2 aromatic carbocycles. The van der Waals surface area contributed by atoms with Crippen molar-refractivity contribution in [2.45, 2.75) is 19.5 Å². The third kappa shape index (κ3) is 4.96. The maximum atomic E-state index is 12.5. The second-order valence-corrected chi connectivity index (χ2v) is 7.50. The van der Waals surface area contributed by atoms with Gasteiger partial charge in [-0.2, -0.15) is 0 Å². The number of sulfonamides is 1. The molecule has 2 aromatic rings. The van der Waals surface area contributed by atoms with Crippen LogP contribution >= 0.6 is 0 Å². The van der Waals surface area contributed by atoms with E-state index in [2.05, 4.69) is 5.32 Å². The maximum absolute atomic E-state index is 12.5. The van der Waals surface area contributed by atoms with E-state index in [-0.39, 0.29) is 5.91 Å². The summed E-state index contributed by atoms with van der Waals surface area (Å²) in [4.78, 5) is 12.5. The van der Waals surface area contributed by atoms with Crippen molar-refractivity contribution in [2.24, 2.45) is 0 Å². The standard InChI is InChI=1S/C18H22N2O4S/c1-14(18(21)19-13-15-7-5-4-6-8-15)20(25(3,22)23)16-9-11-17(24-2)12-10-16/h4-12,14H,13H2,1-3H3,(H,19,21). The van der Waals surface area contributed by atoms with Crippen molar-refractivity contribution in [2.75, 3.05) is 17.7 Å². The Morgan fingerprint density at radius 3 is 2.24 bits per heavy atom. The van der Waals surface area contributed by atoms with Gasteiger partial charge in [0.05, 0.1) is 19.1 Å². The van der Waals surface area contributed by atoms with Crippen molar-refractivity contribution in [1.29, 1.82) is 0 Å². The molecule has 0 heterocycles. The summed E-state index contributed by atoms with van der Waals surface area (Å²) in [6.45, 7) is 1.90. The summed E-state index contributed by atoms with van der Waals surface area (Å²) in [5, 5.41) is 2.77. The normalized spacial score (nSPS) is 12.3. The predicted molar refractivity (Wildman–Crippen MR) is 98.1 cm³/mol. The van der Waals surface area contributed by atoms with Crippen molar-refractivity contribution in [3.63, 3.8) is 0 Å². The first-order chi connectivity index (χ1) is 11.8. The second kappa shape index (κ2) is 8.02. The van der Waals surface area contributed by atoms with E-state index >= 15 is 0 Å². The fourth-order valence-electron chi connectivity index (χ4n) is 2.47. The first-order valence-corrected chi connectivity index (χ1v) is 9.63. The van der Waals surface area contributed by atoms with Crippen LogP contribution in [0.25, 0.3) is 0 Å². The average Bonchev–Trinajstić information content (AvgIpc) is 2.60. The van der Waals surface area contributed by atoms with E-state index in [1.165, 1.54) is 7.11 Å². The Labute approximate surface area is 148 Å². The molecule has 0 saturated heterocycles. The lowest BCUT2D eigenvalue weighted by atomic mass is 10.2. The Morgan fingerprint density at radius 2 is 1.72 bits per heavy atom. The molecular weight excluding hydrogens is 340 g/mol. The van der Waals surface area contributed by atoms with Gasteiger partial charge in [0, 0.05) is 6.54 Å². The highest BCUT2D eigenvalue weighted by atomic mass is 32.2. The molecule has 7 heteroatoms. The van der Waals surface area contributed by atoms with Crippen LogP contribution in [0.2, 0.25) is 0 Å². The van der Waals surface area contributed by atoms with Gasteiger partial charge in [0.1, 0.15) is 11.8 Å². The van der Waals surface area contributed by atoms with Gasteiger partial charge in [-0.25, -0.2) is 8.42 Å². The average molecular weight is 362 g/mol. The summed E-state index contributed by atoms with van der Waals surface area (Å²) in [6, 6.07) is 15.1. The number of methoxy groups -OCH3 is 1. The summed E-state index contributed by atoms with van der Waals surface area (Å²) in [6.07, 6.45) is 1.08. The van der Waals surface area contributed by atoms with Crippen molar-refractivity contribution < 1.29 is 17.9 Å². The van der Waals surface area contributed by atoms with E-state index in [4.69, 9.17) is 4.74 Å². The Hall–Kier alpha value is -2.54. The molecule has 2 rings (SSSR count). The van der Waals surface area contributed by atoms with Crippen molar-refractivity contribution in [1.82, 2.24) is 5.32 Å². The molecule has 1 N–H and O–H groups in total. The zero-order valence-electron chi connectivity index (χ0n) is 14.5. The summed E-state index contributed by atoms with van der Waals surface area (Å²) in [5.41, 5.74) is 1.35. The van der Waals surface area contributed by atoms with E-state index in [1.807, 2.05) is 30.3 Å². The Kier molecular flexibility index (Phi) is 6.03. The van der Waals surface area contributed by atoms with Crippen LogP contribution < -0.4 is 14.4 Å². The summed E-state index contributed by atoms with van der Waals surface area (Å²) in [5.74, 6) is 0.239. The monoisotopic (exact) mass is 362 g/mol. The Balaban J connectivity index is 2.17. The molecule has 0 aliphatic carbocycles. The van der Waals surface area contributed by atoms with Gasteiger partial charge in [-0.05, 0) is 36.8 Å². The number of carbonyl (C=O) groups excluding carboxylic acids is 1. The van der Waals surface area contributed by atoms with Crippen molar-refractivity contribution in [3.05, 3.63) is 60.2 Å². The molecule has 0 aliphatic heterocycles.